The average molecular weight is 1050 g/mol. The molecular formula is C63H102O12. The zero-order valence-electron chi connectivity index (χ0n) is 46.8. The molecule has 0 spiro atoms. The molecule has 6 atom stereocenters. The number of aliphatic carboxylic acids is 1. The minimum absolute atomic E-state index is 0.0648. The maximum atomic E-state index is 13.1. The van der Waals surface area contributed by atoms with Crippen LogP contribution in [0, 0.1) is 0 Å². The molecule has 1 saturated heterocycles. The van der Waals surface area contributed by atoms with Crippen molar-refractivity contribution in [2.45, 2.75) is 263 Å². The summed E-state index contributed by atoms with van der Waals surface area (Å²) in [6, 6.07) is 0. The molecule has 0 aromatic carbocycles. The van der Waals surface area contributed by atoms with Gasteiger partial charge in [0.05, 0.1) is 6.61 Å². The number of allylic oxidation sites excluding steroid dienone is 16. The number of carboxylic acids is 1. The zero-order chi connectivity index (χ0) is 54.7. The van der Waals surface area contributed by atoms with Crippen LogP contribution in [0.1, 0.15) is 226 Å². The number of hydrogen-bond donors (Lipinski definition) is 3. The van der Waals surface area contributed by atoms with Crippen molar-refractivity contribution in [2.75, 3.05) is 13.2 Å². The monoisotopic (exact) mass is 1050 g/mol. The van der Waals surface area contributed by atoms with Crippen molar-refractivity contribution in [3.8, 4) is 0 Å². The standard InChI is InChI=1S/C63H102O12/c1-4-7-10-13-16-19-22-25-26-27-28-29-30-33-34-37-40-43-46-49-55(64)71-52-54(73-56(65)50-47-44-41-38-35-31-23-20-17-14-11-8-5-2)53-72-63-61(59(68)58(67)60(75-63)62(69)70)74-57(66)51-48-45-42-39-36-32-24-21-18-15-12-9-6-3/h7,9-10,12,16,18-19,21,25-26,28-29,32,36,42,45,54,58-61,63,67-68H,4-6,8,11,13-15,17,20,22-24,27,30-31,33-35,37-41,43-44,46-53H2,1-3H3,(H,69,70)/b10-7-,12-9-,19-16-,21-18-,26-25-,29-28-,36-32-,45-42-. The second kappa shape index (κ2) is 50.5. The van der Waals surface area contributed by atoms with Gasteiger partial charge in [-0.25, -0.2) is 4.79 Å². The van der Waals surface area contributed by atoms with E-state index < -0.39 is 67.3 Å². The highest BCUT2D eigenvalue weighted by molar-refractivity contribution is 5.74. The molecule has 12 heteroatoms. The van der Waals surface area contributed by atoms with Crippen molar-refractivity contribution in [1.82, 2.24) is 0 Å². The summed E-state index contributed by atoms with van der Waals surface area (Å²) in [5.41, 5.74) is 0. The summed E-state index contributed by atoms with van der Waals surface area (Å²) in [6.07, 6.45) is 54.0. The van der Waals surface area contributed by atoms with Crippen LogP contribution < -0.4 is 0 Å². The second-order valence-electron chi connectivity index (χ2n) is 19.5. The summed E-state index contributed by atoms with van der Waals surface area (Å²) in [5, 5.41) is 31.4. The number of carbonyl (C=O) groups is 4. The van der Waals surface area contributed by atoms with Crippen LogP contribution in [0.2, 0.25) is 0 Å². The van der Waals surface area contributed by atoms with Crippen LogP contribution in [0.3, 0.4) is 0 Å². The van der Waals surface area contributed by atoms with Gasteiger partial charge in [0.15, 0.2) is 24.6 Å². The number of aliphatic hydroxyl groups is 2. The molecule has 0 aromatic rings. The van der Waals surface area contributed by atoms with E-state index in [4.69, 9.17) is 23.7 Å². The van der Waals surface area contributed by atoms with Gasteiger partial charge in [0.25, 0.3) is 0 Å². The Labute approximate surface area is 453 Å². The van der Waals surface area contributed by atoms with Gasteiger partial charge in [0.2, 0.25) is 0 Å². The Morgan fingerprint density at radius 2 is 0.867 bits per heavy atom. The minimum atomic E-state index is -1.93. The van der Waals surface area contributed by atoms with Crippen LogP contribution >= 0.6 is 0 Å². The molecule has 0 aromatic heterocycles. The molecular weight excluding hydrogens is 949 g/mol. The summed E-state index contributed by atoms with van der Waals surface area (Å²) in [5.74, 6) is -3.25. The normalized spacial score (nSPS) is 18.9. The van der Waals surface area contributed by atoms with Crippen molar-refractivity contribution in [2.24, 2.45) is 0 Å². The van der Waals surface area contributed by atoms with E-state index in [9.17, 15) is 34.5 Å². The summed E-state index contributed by atoms with van der Waals surface area (Å²) in [4.78, 5) is 51.0. The Kier molecular flexibility index (Phi) is 46.2. The SMILES string of the molecule is CC/C=C\C/C=C\C/C=C\C/C=C\CCCCCCCCC(=O)OCC(COC1OC(C(=O)O)C(O)C(O)C1OC(=O)CC/C=C\C/C=C\C/C=C\C/C=C\CC)OC(=O)CCCCCCCCCCCCCCC. The molecule has 0 saturated carbocycles. The highest BCUT2D eigenvalue weighted by Crippen LogP contribution is 2.26. The summed E-state index contributed by atoms with van der Waals surface area (Å²) < 4.78 is 28.3. The lowest BCUT2D eigenvalue weighted by Crippen LogP contribution is -2.61. The van der Waals surface area contributed by atoms with Crippen LogP contribution in [0.15, 0.2) is 97.2 Å². The number of carboxylic acid groups (broad SMARTS) is 1. The molecule has 0 aliphatic carbocycles. The number of ether oxygens (including phenoxy) is 5. The van der Waals surface area contributed by atoms with E-state index in [-0.39, 0.29) is 25.9 Å². The van der Waals surface area contributed by atoms with Crippen molar-refractivity contribution in [3.63, 3.8) is 0 Å². The summed E-state index contributed by atoms with van der Waals surface area (Å²) in [7, 11) is 0. The minimum Gasteiger partial charge on any atom is -0.479 e. The Bertz CT molecular complexity index is 1670. The largest absolute Gasteiger partial charge is 0.479 e. The van der Waals surface area contributed by atoms with E-state index in [1.807, 2.05) is 18.2 Å². The molecule has 1 heterocycles. The number of rotatable bonds is 48. The number of unbranched alkanes of at least 4 members (excludes halogenated alkanes) is 18. The van der Waals surface area contributed by atoms with Gasteiger partial charge in [0, 0.05) is 19.3 Å². The number of aliphatic hydroxyl groups excluding tert-OH is 2. The summed E-state index contributed by atoms with van der Waals surface area (Å²) in [6.45, 7) is 5.71. The lowest BCUT2D eigenvalue weighted by molar-refractivity contribution is -0.301. The van der Waals surface area contributed by atoms with Crippen LogP contribution in [0.5, 0.6) is 0 Å². The molecule has 1 fully saturated rings. The fourth-order valence-corrected chi connectivity index (χ4v) is 8.25. The second-order valence-corrected chi connectivity index (χ2v) is 19.5. The topological polar surface area (TPSA) is 175 Å². The van der Waals surface area contributed by atoms with Crippen LogP contribution in [0.4, 0.5) is 0 Å². The molecule has 1 aliphatic rings. The lowest BCUT2D eigenvalue weighted by atomic mass is 9.98. The quantitative estimate of drug-likeness (QED) is 0.0228. The molecule has 1 rings (SSSR count). The van der Waals surface area contributed by atoms with E-state index in [1.165, 1.54) is 57.8 Å². The molecule has 1 aliphatic heterocycles. The van der Waals surface area contributed by atoms with Crippen molar-refractivity contribution in [1.29, 1.82) is 0 Å². The van der Waals surface area contributed by atoms with Gasteiger partial charge in [-0.05, 0) is 83.5 Å². The van der Waals surface area contributed by atoms with Crippen LogP contribution in [0.25, 0.3) is 0 Å². The number of hydrogen-bond acceptors (Lipinski definition) is 11. The van der Waals surface area contributed by atoms with E-state index in [0.29, 0.717) is 25.7 Å². The first-order valence-electron chi connectivity index (χ1n) is 29.2. The molecule has 426 valence electrons. The third kappa shape index (κ3) is 40.6. The maximum absolute atomic E-state index is 13.1. The predicted octanol–water partition coefficient (Wildman–Crippen LogP) is 14.9. The Morgan fingerprint density at radius 3 is 1.33 bits per heavy atom. The van der Waals surface area contributed by atoms with E-state index >= 15 is 0 Å². The predicted molar refractivity (Wildman–Crippen MR) is 303 cm³/mol. The van der Waals surface area contributed by atoms with Crippen LogP contribution in [-0.4, -0.2) is 89.2 Å². The Morgan fingerprint density at radius 1 is 0.453 bits per heavy atom. The smallest absolute Gasteiger partial charge is 0.335 e. The van der Waals surface area contributed by atoms with E-state index in [0.717, 1.165) is 103 Å². The highest BCUT2D eigenvalue weighted by atomic mass is 16.7. The highest BCUT2D eigenvalue weighted by Gasteiger charge is 2.50. The van der Waals surface area contributed by atoms with Gasteiger partial charge in [-0.3, -0.25) is 14.4 Å². The first kappa shape index (κ1) is 68.7. The van der Waals surface area contributed by atoms with E-state index in [1.54, 1.807) is 0 Å². The van der Waals surface area contributed by atoms with Gasteiger partial charge in [-0.15, -0.1) is 0 Å². The average Bonchev–Trinajstić information content (AvgIpc) is 3.39. The molecule has 75 heavy (non-hydrogen) atoms. The van der Waals surface area contributed by atoms with Gasteiger partial charge < -0.3 is 39.0 Å². The van der Waals surface area contributed by atoms with Crippen molar-refractivity contribution < 1.29 is 58.2 Å². The van der Waals surface area contributed by atoms with Crippen LogP contribution in [-0.2, 0) is 42.9 Å². The Hall–Kier alpha value is -4.36. The van der Waals surface area contributed by atoms with Gasteiger partial charge in [-0.2, -0.15) is 0 Å². The molecule has 0 bridgehead atoms. The number of carbonyl (C=O) groups excluding carboxylic acids is 3. The first-order valence-corrected chi connectivity index (χ1v) is 29.2. The Balaban J connectivity index is 2.72. The molecule has 6 unspecified atom stereocenters. The fraction of sp³-hybridized carbons (Fsp3) is 0.683. The van der Waals surface area contributed by atoms with Crippen molar-refractivity contribution >= 4 is 23.9 Å². The number of esters is 3. The third-order valence-corrected chi connectivity index (χ3v) is 12.7. The van der Waals surface area contributed by atoms with Gasteiger partial charge >= 0.3 is 23.9 Å². The maximum Gasteiger partial charge on any atom is 0.335 e. The molecule has 3 N–H and O–H groups in total. The third-order valence-electron chi connectivity index (χ3n) is 12.7. The van der Waals surface area contributed by atoms with Crippen molar-refractivity contribution in [3.05, 3.63) is 97.2 Å². The van der Waals surface area contributed by atoms with E-state index in [2.05, 4.69) is 99.8 Å². The molecule has 0 radical (unpaired) electrons. The van der Waals surface area contributed by atoms with Gasteiger partial charge in [-0.1, -0.05) is 221 Å². The summed E-state index contributed by atoms with van der Waals surface area (Å²) >= 11 is 0. The molecule has 0 amide bonds. The lowest BCUT2D eigenvalue weighted by Gasteiger charge is -2.40. The molecule has 12 nitrogen and oxygen atoms in total. The first-order chi connectivity index (χ1) is 36.6. The zero-order valence-corrected chi connectivity index (χ0v) is 46.8. The fourth-order valence-electron chi connectivity index (χ4n) is 8.25. The van der Waals surface area contributed by atoms with Gasteiger partial charge in [0.1, 0.15) is 18.8 Å².